The first-order chi connectivity index (χ1) is 13.9. The monoisotopic (exact) mass is 418 g/mol. The number of nitrogens with one attached hydrogen (secondary N) is 2. The highest BCUT2D eigenvalue weighted by Crippen LogP contribution is 2.15. The Hall–Kier alpha value is -3.14. The molecule has 0 bridgehead atoms. The van der Waals surface area contributed by atoms with Crippen LogP contribution in [-0.2, 0) is 29.2 Å². The SMILES string of the molecule is CCC(C)NC(=O)Cn1c(=O)n(CC(=O)NCc2ccco2)c(=O)c2sccc21. The van der Waals surface area contributed by atoms with E-state index in [1.165, 1.54) is 10.8 Å². The van der Waals surface area contributed by atoms with Gasteiger partial charge >= 0.3 is 5.69 Å². The Morgan fingerprint density at radius 1 is 1.17 bits per heavy atom. The van der Waals surface area contributed by atoms with Crippen LogP contribution in [0.2, 0.25) is 0 Å². The van der Waals surface area contributed by atoms with Gasteiger partial charge in [0.25, 0.3) is 5.56 Å². The lowest BCUT2D eigenvalue weighted by atomic mass is 10.2. The lowest BCUT2D eigenvalue weighted by Crippen LogP contribution is -2.45. The molecule has 0 aliphatic carbocycles. The zero-order valence-electron chi connectivity index (χ0n) is 16.1. The second kappa shape index (κ2) is 8.91. The minimum atomic E-state index is -0.701. The molecule has 2 N–H and O–H groups in total. The van der Waals surface area contributed by atoms with E-state index in [0.717, 1.165) is 22.3 Å². The van der Waals surface area contributed by atoms with E-state index in [9.17, 15) is 19.2 Å². The lowest BCUT2D eigenvalue weighted by molar-refractivity contribution is -0.122. The van der Waals surface area contributed by atoms with Gasteiger partial charge in [0.15, 0.2) is 0 Å². The first kappa shape index (κ1) is 20.6. The molecule has 10 heteroatoms. The van der Waals surface area contributed by atoms with Crippen molar-refractivity contribution in [1.82, 2.24) is 19.8 Å². The van der Waals surface area contributed by atoms with Crippen molar-refractivity contribution in [2.24, 2.45) is 0 Å². The van der Waals surface area contributed by atoms with Crippen LogP contribution in [0.15, 0.2) is 43.8 Å². The van der Waals surface area contributed by atoms with Crippen LogP contribution in [0.3, 0.4) is 0 Å². The van der Waals surface area contributed by atoms with Gasteiger partial charge in [-0.05, 0) is 36.9 Å². The summed E-state index contributed by atoms with van der Waals surface area (Å²) in [5.74, 6) is -0.285. The fourth-order valence-corrected chi connectivity index (χ4v) is 3.63. The molecule has 0 aliphatic rings. The number of rotatable bonds is 8. The Labute approximate surface area is 169 Å². The summed E-state index contributed by atoms with van der Waals surface area (Å²) < 4.78 is 7.54. The van der Waals surface area contributed by atoms with Gasteiger partial charge in [-0.2, -0.15) is 0 Å². The first-order valence-electron chi connectivity index (χ1n) is 9.20. The van der Waals surface area contributed by atoms with Gasteiger partial charge in [-0.3, -0.25) is 19.0 Å². The molecule has 0 radical (unpaired) electrons. The molecule has 0 saturated heterocycles. The molecule has 1 atom stereocenters. The molecule has 0 fully saturated rings. The number of thiophene rings is 1. The predicted molar refractivity (Wildman–Crippen MR) is 109 cm³/mol. The number of hydrogen-bond donors (Lipinski definition) is 2. The summed E-state index contributed by atoms with van der Waals surface area (Å²) in [7, 11) is 0. The van der Waals surface area contributed by atoms with Crippen LogP contribution in [0, 0.1) is 0 Å². The molecule has 0 aromatic carbocycles. The van der Waals surface area contributed by atoms with E-state index >= 15 is 0 Å². The number of hydrogen-bond acceptors (Lipinski definition) is 6. The third-order valence-corrected chi connectivity index (χ3v) is 5.39. The van der Waals surface area contributed by atoms with Crippen molar-refractivity contribution in [3.05, 3.63) is 56.4 Å². The zero-order valence-corrected chi connectivity index (χ0v) is 17.0. The van der Waals surface area contributed by atoms with Gasteiger partial charge in [-0.15, -0.1) is 11.3 Å². The summed E-state index contributed by atoms with van der Waals surface area (Å²) in [6.07, 6.45) is 2.24. The highest BCUT2D eigenvalue weighted by Gasteiger charge is 2.18. The van der Waals surface area contributed by atoms with Crippen LogP contribution in [-0.4, -0.2) is 27.0 Å². The average Bonchev–Trinajstić information content (AvgIpc) is 3.38. The van der Waals surface area contributed by atoms with Crippen molar-refractivity contribution >= 4 is 33.4 Å². The Kier molecular flexibility index (Phi) is 6.32. The van der Waals surface area contributed by atoms with Crippen LogP contribution in [0.25, 0.3) is 10.2 Å². The Bertz CT molecular complexity index is 1130. The van der Waals surface area contributed by atoms with E-state index in [1.54, 1.807) is 23.6 Å². The maximum Gasteiger partial charge on any atom is 0.332 e. The second-order valence-electron chi connectivity index (χ2n) is 6.63. The van der Waals surface area contributed by atoms with Gasteiger partial charge in [-0.1, -0.05) is 6.92 Å². The van der Waals surface area contributed by atoms with Crippen molar-refractivity contribution in [3.63, 3.8) is 0 Å². The highest BCUT2D eigenvalue weighted by atomic mass is 32.1. The summed E-state index contributed by atoms with van der Waals surface area (Å²) in [4.78, 5) is 50.2. The van der Waals surface area contributed by atoms with E-state index in [1.807, 2.05) is 13.8 Å². The van der Waals surface area contributed by atoms with Gasteiger partial charge in [0, 0.05) is 6.04 Å². The molecule has 3 aromatic rings. The predicted octanol–water partition coefficient (Wildman–Crippen LogP) is 1.05. The number of carbonyl (C=O) groups excluding carboxylic acids is 2. The third kappa shape index (κ3) is 4.65. The van der Waals surface area contributed by atoms with Crippen molar-refractivity contribution < 1.29 is 14.0 Å². The largest absolute Gasteiger partial charge is 0.467 e. The summed E-state index contributed by atoms with van der Waals surface area (Å²) in [5, 5.41) is 7.08. The Morgan fingerprint density at radius 2 is 1.93 bits per heavy atom. The molecule has 3 heterocycles. The first-order valence-corrected chi connectivity index (χ1v) is 10.1. The zero-order chi connectivity index (χ0) is 21.0. The smallest absolute Gasteiger partial charge is 0.332 e. The summed E-state index contributed by atoms with van der Waals surface area (Å²) in [6.45, 7) is 3.28. The van der Waals surface area contributed by atoms with Crippen LogP contribution >= 0.6 is 11.3 Å². The maximum absolute atomic E-state index is 12.9. The summed E-state index contributed by atoms with van der Waals surface area (Å²) >= 11 is 1.16. The summed E-state index contributed by atoms with van der Waals surface area (Å²) in [5.41, 5.74) is -0.864. The molecule has 2 amide bonds. The number of carbonyl (C=O) groups is 2. The molecular weight excluding hydrogens is 396 g/mol. The number of furan rings is 1. The van der Waals surface area contributed by atoms with E-state index < -0.39 is 23.7 Å². The number of amides is 2. The molecule has 0 spiro atoms. The molecule has 154 valence electrons. The topological polar surface area (TPSA) is 115 Å². The van der Waals surface area contributed by atoms with Crippen molar-refractivity contribution in [3.8, 4) is 0 Å². The van der Waals surface area contributed by atoms with Gasteiger partial charge < -0.3 is 15.1 Å². The highest BCUT2D eigenvalue weighted by molar-refractivity contribution is 7.17. The maximum atomic E-state index is 12.9. The van der Waals surface area contributed by atoms with Crippen LogP contribution in [0.1, 0.15) is 26.0 Å². The quantitative estimate of drug-likeness (QED) is 0.567. The van der Waals surface area contributed by atoms with Crippen molar-refractivity contribution in [2.75, 3.05) is 0 Å². The second-order valence-corrected chi connectivity index (χ2v) is 7.54. The summed E-state index contributed by atoms with van der Waals surface area (Å²) in [6, 6.07) is 4.99. The van der Waals surface area contributed by atoms with Gasteiger partial charge in [0.05, 0.1) is 18.3 Å². The van der Waals surface area contributed by atoms with E-state index in [0.29, 0.717) is 16.0 Å². The van der Waals surface area contributed by atoms with Gasteiger partial charge in [-0.25, -0.2) is 9.36 Å². The third-order valence-electron chi connectivity index (χ3n) is 4.50. The fraction of sp³-hybridized carbons (Fsp3) is 0.368. The van der Waals surface area contributed by atoms with Crippen LogP contribution in [0.5, 0.6) is 0 Å². The molecule has 3 aromatic heterocycles. The van der Waals surface area contributed by atoms with Crippen LogP contribution in [0.4, 0.5) is 0 Å². The molecular formula is C19H22N4O5S. The Balaban J connectivity index is 1.87. The standard InChI is InChI=1S/C19H22N4O5S/c1-3-12(2)21-16(25)11-22-14-6-8-29-17(14)18(26)23(19(22)27)10-15(24)20-9-13-5-4-7-28-13/h4-8,12H,3,9-11H2,1-2H3,(H,20,24)(H,21,25). The molecule has 3 rings (SSSR count). The van der Waals surface area contributed by atoms with E-state index in [-0.39, 0.29) is 25.0 Å². The van der Waals surface area contributed by atoms with Gasteiger partial charge in [0.2, 0.25) is 11.8 Å². The molecule has 0 saturated carbocycles. The molecule has 9 nitrogen and oxygen atoms in total. The number of nitrogens with zero attached hydrogens (tertiary/aromatic N) is 2. The average molecular weight is 418 g/mol. The Morgan fingerprint density at radius 3 is 2.62 bits per heavy atom. The molecule has 1 unspecified atom stereocenters. The minimum Gasteiger partial charge on any atom is -0.467 e. The van der Waals surface area contributed by atoms with Gasteiger partial charge in [0.1, 0.15) is 23.5 Å². The van der Waals surface area contributed by atoms with Crippen molar-refractivity contribution in [1.29, 1.82) is 0 Å². The number of aromatic nitrogens is 2. The normalized spacial score (nSPS) is 12.1. The fourth-order valence-electron chi connectivity index (χ4n) is 2.79. The molecule has 29 heavy (non-hydrogen) atoms. The van der Waals surface area contributed by atoms with Crippen molar-refractivity contribution in [2.45, 2.75) is 45.9 Å². The minimum absolute atomic E-state index is 0.0329. The lowest BCUT2D eigenvalue weighted by Gasteiger charge is -2.14. The number of fused-ring (bicyclic) bond motifs is 1. The van der Waals surface area contributed by atoms with E-state index in [4.69, 9.17) is 4.42 Å². The van der Waals surface area contributed by atoms with Crippen LogP contribution < -0.4 is 21.9 Å². The molecule has 0 aliphatic heterocycles. The van der Waals surface area contributed by atoms with E-state index in [2.05, 4.69) is 10.6 Å².